The van der Waals surface area contributed by atoms with Gasteiger partial charge in [0.15, 0.2) is 0 Å². The highest BCUT2D eigenvalue weighted by Crippen LogP contribution is 2.07. The zero-order valence-electron chi connectivity index (χ0n) is 9.71. The van der Waals surface area contributed by atoms with Crippen LogP contribution in [0.25, 0.3) is 0 Å². The number of carbonyl (C=O) groups is 1. The van der Waals surface area contributed by atoms with E-state index in [0.29, 0.717) is 6.61 Å². The van der Waals surface area contributed by atoms with Gasteiger partial charge in [-0.15, -0.1) is 0 Å². The van der Waals surface area contributed by atoms with Crippen molar-refractivity contribution in [3.63, 3.8) is 0 Å². The van der Waals surface area contributed by atoms with Crippen LogP contribution in [0.5, 0.6) is 0 Å². The Kier molecular flexibility index (Phi) is 4.27. The van der Waals surface area contributed by atoms with Crippen LogP contribution in [0.3, 0.4) is 0 Å². The van der Waals surface area contributed by atoms with Gasteiger partial charge < -0.3 is 9.47 Å². The molecule has 0 amide bonds. The van der Waals surface area contributed by atoms with E-state index in [1.165, 1.54) is 0 Å². The SMILES string of the molecule is CC(C)(C)OC(=O)CN=C1CCCOC1. The van der Waals surface area contributed by atoms with E-state index in [9.17, 15) is 4.79 Å². The molecule has 1 fully saturated rings. The summed E-state index contributed by atoms with van der Waals surface area (Å²) in [5, 5.41) is 0. The maximum atomic E-state index is 11.3. The van der Waals surface area contributed by atoms with E-state index in [1.54, 1.807) is 0 Å². The normalized spacial score (nSPS) is 20.3. The second kappa shape index (κ2) is 5.26. The van der Waals surface area contributed by atoms with Gasteiger partial charge in [0.05, 0.1) is 6.61 Å². The van der Waals surface area contributed by atoms with E-state index in [1.807, 2.05) is 20.8 Å². The van der Waals surface area contributed by atoms with Crippen molar-refractivity contribution < 1.29 is 14.3 Å². The van der Waals surface area contributed by atoms with Crippen molar-refractivity contribution in [1.82, 2.24) is 0 Å². The number of nitrogens with zero attached hydrogens (tertiary/aromatic N) is 1. The van der Waals surface area contributed by atoms with E-state index < -0.39 is 5.60 Å². The van der Waals surface area contributed by atoms with E-state index in [-0.39, 0.29) is 12.5 Å². The summed E-state index contributed by atoms with van der Waals surface area (Å²) < 4.78 is 10.4. The molecular weight excluding hydrogens is 194 g/mol. The Morgan fingerprint density at radius 2 is 2.27 bits per heavy atom. The fraction of sp³-hybridized carbons (Fsp3) is 0.818. The van der Waals surface area contributed by atoms with E-state index >= 15 is 0 Å². The van der Waals surface area contributed by atoms with Crippen LogP contribution in [-0.4, -0.2) is 37.0 Å². The largest absolute Gasteiger partial charge is 0.459 e. The summed E-state index contributed by atoms with van der Waals surface area (Å²) in [5.41, 5.74) is 0.535. The summed E-state index contributed by atoms with van der Waals surface area (Å²) in [6.45, 7) is 7.01. The first-order valence-electron chi connectivity index (χ1n) is 5.29. The van der Waals surface area contributed by atoms with E-state index in [4.69, 9.17) is 9.47 Å². The van der Waals surface area contributed by atoms with Gasteiger partial charge in [0.2, 0.25) is 0 Å². The van der Waals surface area contributed by atoms with E-state index in [2.05, 4.69) is 4.99 Å². The number of ether oxygens (including phenoxy) is 2. The second-order valence-electron chi connectivity index (χ2n) is 4.63. The molecule has 0 radical (unpaired) electrons. The fourth-order valence-electron chi connectivity index (χ4n) is 1.32. The van der Waals surface area contributed by atoms with Crippen molar-refractivity contribution in [2.24, 2.45) is 4.99 Å². The van der Waals surface area contributed by atoms with Crippen molar-refractivity contribution in [1.29, 1.82) is 0 Å². The highest BCUT2D eigenvalue weighted by Gasteiger charge is 2.16. The molecule has 0 saturated carbocycles. The molecule has 4 nitrogen and oxygen atoms in total. The van der Waals surface area contributed by atoms with Crippen LogP contribution in [0.2, 0.25) is 0 Å². The van der Waals surface area contributed by atoms with Gasteiger partial charge in [0.25, 0.3) is 0 Å². The summed E-state index contributed by atoms with van der Waals surface area (Å²) in [6.07, 6.45) is 1.93. The Labute approximate surface area is 90.7 Å². The van der Waals surface area contributed by atoms with Gasteiger partial charge in [0, 0.05) is 12.3 Å². The topological polar surface area (TPSA) is 47.9 Å². The first-order valence-corrected chi connectivity index (χ1v) is 5.29. The smallest absolute Gasteiger partial charge is 0.328 e. The first kappa shape index (κ1) is 12.2. The van der Waals surface area contributed by atoms with Crippen LogP contribution in [0.1, 0.15) is 33.6 Å². The third-order valence-corrected chi connectivity index (χ3v) is 1.87. The summed E-state index contributed by atoms with van der Waals surface area (Å²) in [5.74, 6) is -0.277. The van der Waals surface area contributed by atoms with Crippen molar-refractivity contribution >= 4 is 11.7 Å². The number of aliphatic imine (C=N–C) groups is 1. The quantitative estimate of drug-likeness (QED) is 0.654. The fourth-order valence-corrected chi connectivity index (χ4v) is 1.32. The van der Waals surface area contributed by atoms with Crippen molar-refractivity contribution in [3.8, 4) is 0 Å². The summed E-state index contributed by atoms with van der Waals surface area (Å²) in [6, 6.07) is 0. The van der Waals surface area contributed by atoms with Crippen LogP contribution in [0.15, 0.2) is 4.99 Å². The van der Waals surface area contributed by atoms with E-state index in [0.717, 1.165) is 25.2 Å². The van der Waals surface area contributed by atoms with Crippen LogP contribution in [0.4, 0.5) is 0 Å². The Morgan fingerprint density at radius 1 is 1.53 bits per heavy atom. The lowest BCUT2D eigenvalue weighted by Gasteiger charge is -2.19. The van der Waals surface area contributed by atoms with Gasteiger partial charge in [-0.25, -0.2) is 0 Å². The molecule has 86 valence electrons. The van der Waals surface area contributed by atoms with Crippen molar-refractivity contribution in [3.05, 3.63) is 0 Å². The Morgan fingerprint density at radius 3 is 2.80 bits per heavy atom. The zero-order valence-corrected chi connectivity index (χ0v) is 9.71. The Hall–Kier alpha value is -0.900. The molecule has 0 N–H and O–H groups in total. The monoisotopic (exact) mass is 213 g/mol. The minimum atomic E-state index is -0.430. The Balaban J connectivity index is 2.32. The minimum Gasteiger partial charge on any atom is -0.459 e. The predicted molar refractivity (Wildman–Crippen MR) is 58.2 cm³/mol. The molecule has 1 rings (SSSR count). The van der Waals surface area contributed by atoms with Crippen LogP contribution in [-0.2, 0) is 14.3 Å². The average molecular weight is 213 g/mol. The molecule has 0 bridgehead atoms. The highest BCUT2D eigenvalue weighted by atomic mass is 16.6. The molecule has 4 heteroatoms. The lowest BCUT2D eigenvalue weighted by Crippen LogP contribution is -2.26. The molecular formula is C11H19NO3. The summed E-state index contributed by atoms with van der Waals surface area (Å²) in [7, 11) is 0. The maximum absolute atomic E-state index is 11.3. The lowest BCUT2D eigenvalue weighted by molar-refractivity contribution is -0.152. The van der Waals surface area contributed by atoms with Gasteiger partial charge in [-0.1, -0.05) is 0 Å². The molecule has 1 saturated heterocycles. The average Bonchev–Trinajstić information content (AvgIpc) is 2.14. The number of hydrogen-bond acceptors (Lipinski definition) is 4. The van der Waals surface area contributed by atoms with Crippen LogP contribution in [0, 0.1) is 0 Å². The molecule has 0 unspecified atom stereocenters. The maximum Gasteiger partial charge on any atom is 0.328 e. The molecule has 0 spiro atoms. The van der Waals surface area contributed by atoms with Gasteiger partial charge in [-0.05, 0) is 33.6 Å². The lowest BCUT2D eigenvalue weighted by atomic mass is 10.2. The molecule has 0 atom stereocenters. The summed E-state index contributed by atoms with van der Waals surface area (Å²) in [4.78, 5) is 15.5. The zero-order chi connectivity index (χ0) is 11.3. The first-order chi connectivity index (χ1) is 6.97. The standard InChI is InChI=1S/C11H19NO3/c1-11(2,3)15-10(13)7-12-9-5-4-6-14-8-9/h4-8H2,1-3H3. The predicted octanol–water partition coefficient (Wildman–Crippen LogP) is 1.58. The van der Waals surface area contributed by atoms with Crippen molar-refractivity contribution in [2.45, 2.75) is 39.2 Å². The summed E-state index contributed by atoms with van der Waals surface area (Å²) >= 11 is 0. The molecule has 0 aromatic carbocycles. The number of carbonyl (C=O) groups excluding carboxylic acids is 1. The molecule has 15 heavy (non-hydrogen) atoms. The molecule has 0 aliphatic carbocycles. The molecule has 1 heterocycles. The van der Waals surface area contributed by atoms with Gasteiger partial charge in [-0.3, -0.25) is 9.79 Å². The number of rotatable bonds is 2. The molecule has 0 aromatic heterocycles. The van der Waals surface area contributed by atoms with Gasteiger partial charge >= 0.3 is 5.97 Å². The molecule has 1 aliphatic rings. The third-order valence-electron chi connectivity index (χ3n) is 1.87. The van der Waals surface area contributed by atoms with Crippen LogP contribution < -0.4 is 0 Å². The number of hydrogen-bond donors (Lipinski definition) is 0. The van der Waals surface area contributed by atoms with Crippen LogP contribution >= 0.6 is 0 Å². The second-order valence-corrected chi connectivity index (χ2v) is 4.63. The minimum absolute atomic E-state index is 0.107. The Bertz CT molecular complexity index is 245. The van der Waals surface area contributed by atoms with Gasteiger partial charge in [0.1, 0.15) is 12.1 Å². The van der Waals surface area contributed by atoms with Gasteiger partial charge in [-0.2, -0.15) is 0 Å². The highest BCUT2D eigenvalue weighted by molar-refractivity contribution is 5.88. The molecule has 1 aliphatic heterocycles. The third kappa shape index (κ3) is 5.52. The molecule has 0 aromatic rings. The van der Waals surface area contributed by atoms with Crippen molar-refractivity contribution in [2.75, 3.05) is 19.8 Å². The number of esters is 1.